The highest BCUT2D eigenvalue weighted by molar-refractivity contribution is 6.38. The van der Waals surface area contributed by atoms with Gasteiger partial charge in [-0.2, -0.15) is 0 Å². The SMILES string of the molecule is COC(=O)C(NC(=O)C(=O)[C@@H]1CCCN1C(=O)CNC(=O)c1ccnc2ccccc12)C(C)C. The number of fused-ring (bicyclic) bond motifs is 1. The molecule has 1 fully saturated rings. The molecule has 1 saturated heterocycles. The molecule has 0 bridgehead atoms. The van der Waals surface area contributed by atoms with Gasteiger partial charge in [-0.15, -0.1) is 0 Å². The van der Waals surface area contributed by atoms with E-state index in [4.69, 9.17) is 0 Å². The Bertz CT molecular complexity index is 1110. The summed E-state index contributed by atoms with van der Waals surface area (Å²) in [6, 6.07) is 6.81. The first-order valence-electron chi connectivity index (χ1n) is 11.1. The van der Waals surface area contributed by atoms with Gasteiger partial charge in [0.25, 0.3) is 11.8 Å². The standard InChI is InChI=1S/C24H28N4O6/c1-14(2)20(24(33)34-3)27-23(32)21(30)18-9-6-12-28(18)19(29)13-26-22(31)16-10-11-25-17-8-5-4-7-15(16)17/h4-5,7-8,10-11,14,18,20H,6,9,12-13H2,1-3H3,(H,26,31)(H,27,32)/t18-,20?/m0/s1. The number of Topliss-reactive ketones (excluding diaryl/α,β-unsaturated/α-hetero) is 1. The van der Waals surface area contributed by atoms with Crippen LogP contribution in [0.3, 0.4) is 0 Å². The molecule has 10 nitrogen and oxygen atoms in total. The van der Waals surface area contributed by atoms with Crippen LogP contribution >= 0.6 is 0 Å². The Morgan fingerprint density at radius 1 is 1.15 bits per heavy atom. The fourth-order valence-corrected chi connectivity index (χ4v) is 3.97. The van der Waals surface area contributed by atoms with Crippen molar-refractivity contribution in [3.63, 3.8) is 0 Å². The van der Waals surface area contributed by atoms with Crippen molar-refractivity contribution in [2.45, 2.75) is 38.8 Å². The maximum Gasteiger partial charge on any atom is 0.328 e. The first-order valence-corrected chi connectivity index (χ1v) is 11.1. The Hall–Kier alpha value is -3.82. The van der Waals surface area contributed by atoms with Gasteiger partial charge in [-0.25, -0.2) is 4.79 Å². The van der Waals surface area contributed by atoms with Crippen molar-refractivity contribution in [1.82, 2.24) is 20.5 Å². The van der Waals surface area contributed by atoms with Crippen LogP contribution in [0, 0.1) is 5.92 Å². The van der Waals surface area contributed by atoms with Gasteiger partial charge in [0.15, 0.2) is 0 Å². The van der Waals surface area contributed by atoms with Crippen LogP contribution in [0.25, 0.3) is 10.9 Å². The molecule has 3 amide bonds. The molecular weight excluding hydrogens is 440 g/mol. The second-order valence-corrected chi connectivity index (χ2v) is 8.39. The summed E-state index contributed by atoms with van der Waals surface area (Å²) in [4.78, 5) is 68.2. The van der Waals surface area contributed by atoms with Crippen LogP contribution in [0.2, 0.25) is 0 Å². The van der Waals surface area contributed by atoms with Crippen molar-refractivity contribution < 1.29 is 28.7 Å². The van der Waals surface area contributed by atoms with Crippen LogP contribution < -0.4 is 10.6 Å². The van der Waals surface area contributed by atoms with Crippen LogP contribution in [-0.2, 0) is 23.9 Å². The van der Waals surface area contributed by atoms with Crippen molar-refractivity contribution in [2.24, 2.45) is 5.92 Å². The summed E-state index contributed by atoms with van der Waals surface area (Å²) in [6.07, 6.45) is 2.39. The third kappa shape index (κ3) is 5.38. The molecule has 1 unspecified atom stereocenters. The molecule has 2 atom stereocenters. The zero-order valence-corrected chi connectivity index (χ0v) is 19.4. The minimum absolute atomic E-state index is 0.287. The number of carbonyl (C=O) groups is 5. The Balaban J connectivity index is 1.63. The summed E-state index contributed by atoms with van der Waals surface area (Å²) < 4.78 is 4.68. The van der Waals surface area contributed by atoms with Gasteiger partial charge in [-0.1, -0.05) is 32.0 Å². The van der Waals surface area contributed by atoms with Crippen molar-refractivity contribution in [2.75, 3.05) is 20.2 Å². The summed E-state index contributed by atoms with van der Waals surface area (Å²) >= 11 is 0. The van der Waals surface area contributed by atoms with Crippen LogP contribution in [0.15, 0.2) is 36.5 Å². The van der Waals surface area contributed by atoms with Gasteiger partial charge in [0.05, 0.1) is 24.7 Å². The number of carbonyl (C=O) groups excluding carboxylic acids is 5. The summed E-state index contributed by atoms with van der Waals surface area (Å²) in [5.74, 6) is -3.59. The largest absolute Gasteiger partial charge is 0.467 e. The lowest BCUT2D eigenvalue weighted by Gasteiger charge is -2.25. The number of methoxy groups -OCH3 is 1. The highest BCUT2D eigenvalue weighted by Crippen LogP contribution is 2.19. The van der Waals surface area contributed by atoms with E-state index in [1.54, 1.807) is 38.1 Å². The molecule has 10 heteroatoms. The Kier molecular flexibility index (Phi) is 7.93. The quantitative estimate of drug-likeness (QED) is 0.433. The van der Waals surface area contributed by atoms with Gasteiger partial charge < -0.3 is 20.3 Å². The van der Waals surface area contributed by atoms with Crippen molar-refractivity contribution in [3.8, 4) is 0 Å². The summed E-state index contributed by atoms with van der Waals surface area (Å²) in [7, 11) is 1.20. The topological polar surface area (TPSA) is 135 Å². The molecule has 0 saturated carbocycles. The Morgan fingerprint density at radius 3 is 2.59 bits per heavy atom. The van der Waals surface area contributed by atoms with Gasteiger partial charge in [-0.3, -0.25) is 24.2 Å². The molecule has 2 aromatic rings. The van der Waals surface area contributed by atoms with E-state index >= 15 is 0 Å². The first kappa shape index (κ1) is 24.8. The second-order valence-electron chi connectivity index (χ2n) is 8.39. The number of nitrogens with zero attached hydrogens (tertiary/aromatic N) is 2. The number of amides is 3. The summed E-state index contributed by atoms with van der Waals surface area (Å²) in [5, 5.41) is 5.67. The zero-order chi connectivity index (χ0) is 24.8. The molecular formula is C24H28N4O6. The Morgan fingerprint density at radius 2 is 1.88 bits per heavy atom. The number of para-hydroxylation sites is 1. The van der Waals surface area contributed by atoms with E-state index in [2.05, 4.69) is 20.4 Å². The molecule has 1 aliphatic rings. The van der Waals surface area contributed by atoms with E-state index in [1.165, 1.54) is 18.2 Å². The van der Waals surface area contributed by atoms with E-state index in [0.29, 0.717) is 35.9 Å². The van der Waals surface area contributed by atoms with Crippen LogP contribution in [0.4, 0.5) is 0 Å². The Labute approximate surface area is 197 Å². The third-order valence-electron chi connectivity index (χ3n) is 5.80. The average Bonchev–Trinajstić information content (AvgIpc) is 3.34. The maximum atomic E-state index is 12.8. The lowest BCUT2D eigenvalue weighted by molar-refractivity contribution is -0.149. The highest BCUT2D eigenvalue weighted by atomic mass is 16.5. The van der Waals surface area contributed by atoms with E-state index in [-0.39, 0.29) is 12.5 Å². The smallest absolute Gasteiger partial charge is 0.328 e. The maximum absolute atomic E-state index is 12.8. The normalized spacial score (nSPS) is 16.2. The predicted molar refractivity (Wildman–Crippen MR) is 123 cm³/mol. The second kappa shape index (κ2) is 10.9. The molecule has 0 aliphatic carbocycles. The first-order chi connectivity index (χ1) is 16.2. The highest BCUT2D eigenvalue weighted by Gasteiger charge is 2.38. The zero-order valence-electron chi connectivity index (χ0n) is 19.4. The number of ether oxygens (including phenoxy) is 1. The molecule has 1 aromatic heterocycles. The molecule has 34 heavy (non-hydrogen) atoms. The van der Waals surface area contributed by atoms with E-state index in [0.717, 1.165) is 0 Å². The third-order valence-corrected chi connectivity index (χ3v) is 5.80. The van der Waals surface area contributed by atoms with Crippen LogP contribution in [-0.4, -0.2) is 71.6 Å². The van der Waals surface area contributed by atoms with Crippen LogP contribution in [0.5, 0.6) is 0 Å². The van der Waals surface area contributed by atoms with E-state index in [9.17, 15) is 24.0 Å². The van der Waals surface area contributed by atoms with E-state index in [1.807, 2.05) is 6.07 Å². The van der Waals surface area contributed by atoms with Crippen molar-refractivity contribution in [3.05, 3.63) is 42.1 Å². The molecule has 1 aliphatic heterocycles. The molecule has 0 spiro atoms. The molecule has 2 heterocycles. The predicted octanol–water partition coefficient (Wildman–Crippen LogP) is 0.839. The van der Waals surface area contributed by atoms with Gasteiger partial charge in [0, 0.05) is 18.1 Å². The lowest BCUT2D eigenvalue weighted by Crippen LogP contribution is -2.53. The number of likely N-dealkylation sites (tertiary alicyclic amines) is 1. The minimum atomic E-state index is -0.971. The molecule has 2 N–H and O–H groups in total. The molecule has 3 rings (SSSR count). The number of pyridine rings is 1. The van der Waals surface area contributed by atoms with Gasteiger partial charge in [0.2, 0.25) is 11.7 Å². The van der Waals surface area contributed by atoms with Crippen molar-refractivity contribution >= 4 is 40.4 Å². The van der Waals surface area contributed by atoms with Gasteiger partial charge in [0.1, 0.15) is 12.1 Å². The summed E-state index contributed by atoms with van der Waals surface area (Å²) in [6.45, 7) is 3.40. The number of hydrogen-bond donors (Lipinski definition) is 2. The minimum Gasteiger partial charge on any atom is -0.467 e. The molecule has 180 valence electrons. The monoisotopic (exact) mass is 468 g/mol. The fourth-order valence-electron chi connectivity index (χ4n) is 3.97. The number of esters is 1. The van der Waals surface area contributed by atoms with Gasteiger partial charge in [-0.05, 0) is 30.9 Å². The molecule has 0 radical (unpaired) electrons. The fraction of sp³-hybridized carbons (Fsp3) is 0.417. The number of nitrogens with one attached hydrogen (secondary N) is 2. The van der Waals surface area contributed by atoms with E-state index < -0.39 is 41.6 Å². The van der Waals surface area contributed by atoms with Crippen LogP contribution in [0.1, 0.15) is 37.0 Å². The number of benzene rings is 1. The van der Waals surface area contributed by atoms with Gasteiger partial charge >= 0.3 is 5.97 Å². The number of rotatable bonds is 8. The number of hydrogen-bond acceptors (Lipinski definition) is 7. The average molecular weight is 469 g/mol. The number of aromatic nitrogens is 1. The number of ketones is 1. The summed E-state index contributed by atoms with van der Waals surface area (Å²) in [5.41, 5.74) is 1.04. The lowest BCUT2D eigenvalue weighted by atomic mass is 10.0. The van der Waals surface area contributed by atoms with Crippen molar-refractivity contribution in [1.29, 1.82) is 0 Å². The molecule has 1 aromatic carbocycles.